The van der Waals surface area contributed by atoms with Crippen molar-refractivity contribution in [3.05, 3.63) is 71.3 Å². The maximum absolute atomic E-state index is 13.0. The molecule has 0 spiro atoms. The Bertz CT molecular complexity index is 1610. The lowest BCUT2D eigenvalue weighted by atomic mass is 9.90. The van der Waals surface area contributed by atoms with Gasteiger partial charge in [-0.15, -0.1) is 0 Å². The fourth-order valence-electron chi connectivity index (χ4n) is 7.42. The van der Waals surface area contributed by atoms with Crippen molar-refractivity contribution in [1.29, 1.82) is 0 Å². The molecule has 7 rings (SSSR count). The third-order valence-corrected chi connectivity index (χ3v) is 10.4. The van der Waals surface area contributed by atoms with Crippen molar-refractivity contribution in [2.45, 2.75) is 76.8 Å². The van der Waals surface area contributed by atoms with Crippen LogP contribution in [0.1, 0.15) is 91.5 Å². The lowest BCUT2D eigenvalue weighted by molar-refractivity contribution is -0.136. The summed E-state index contributed by atoms with van der Waals surface area (Å²) in [5.74, 6) is 1.29. The summed E-state index contributed by atoms with van der Waals surface area (Å²) in [6.07, 6.45) is 8.90. The van der Waals surface area contributed by atoms with E-state index in [9.17, 15) is 14.4 Å². The van der Waals surface area contributed by atoms with Crippen molar-refractivity contribution in [2.24, 2.45) is 5.92 Å². The number of pyridine rings is 1. The molecule has 2 aromatic heterocycles. The van der Waals surface area contributed by atoms with E-state index in [2.05, 4.69) is 68.5 Å². The van der Waals surface area contributed by atoms with Gasteiger partial charge in [-0.05, 0) is 99.0 Å². The molecule has 4 aliphatic heterocycles. The minimum absolute atomic E-state index is 0.165. The van der Waals surface area contributed by atoms with Gasteiger partial charge in [0, 0.05) is 61.4 Å². The van der Waals surface area contributed by atoms with Gasteiger partial charge < -0.3 is 20.0 Å². The first-order chi connectivity index (χ1) is 22.8. The van der Waals surface area contributed by atoms with Gasteiger partial charge in [-0.1, -0.05) is 13.8 Å². The van der Waals surface area contributed by atoms with Crippen LogP contribution in [0.2, 0.25) is 0 Å². The molecule has 1 atom stereocenters. The molecule has 3 saturated heterocycles. The average Bonchev–Trinajstić information content (AvgIpc) is 3.41. The van der Waals surface area contributed by atoms with Crippen molar-refractivity contribution >= 4 is 35.0 Å². The number of fused-ring (bicyclic) bond motifs is 1. The van der Waals surface area contributed by atoms with E-state index in [1.54, 1.807) is 4.90 Å². The number of rotatable bonds is 8. The highest BCUT2D eigenvalue weighted by molar-refractivity contribution is 6.05. The Balaban J connectivity index is 0.858. The number of carbonyl (C=O) groups is 3. The number of nitrogens with one attached hydrogen (secondary N) is 2. The summed E-state index contributed by atoms with van der Waals surface area (Å²) in [6.45, 7) is 10.0. The van der Waals surface area contributed by atoms with Gasteiger partial charge in [-0.3, -0.25) is 24.7 Å². The molecule has 246 valence electrons. The normalized spacial score (nSPS) is 21.3. The SMILES string of the molecule is CC(C)c1cnc(Nc2ccc(N3CCC(CN4CCC(c5ccc6c(n5)CN(C5CCC(=O)NC5=O)C6=O)CC4)CC3)cc2)nc1. The maximum atomic E-state index is 13.0. The predicted molar refractivity (Wildman–Crippen MR) is 179 cm³/mol. The number of aromatic nitrogens is 3. The number of nitrogens with zero attached hydrogens (tertiary/aromatic N) is 6. The molecule has 3 amide bonds. The number of imide groups is 1. The van der Waals surface area contributed by atoms with Crippen molar-refractivity contribution in [2.75, 3.05) is 42.9 Å². The van der Waals surface area contributed by atoms with E-state index in [-0.39, 0.29) is 24.1 Å². The first-order valence-electron chi connectivity index (χ1n) is 17.1. The monoisotopic (exact) mass is 636 g/mol. The molecule has 1 unspecified atom stereocenters. The highest BCUT2D eigenvalue weighted by Gasteiger charge is 2.40. The number of piperidine rings is 3. The molecular weight excluding hydrogens is 592 g/mol. The van der Waals surface area contributed by atoms with Gasteiger partial charge in [-0.25, -0.2) is 9.97 Å². The van der Waals surface area contributed by atoms with Gasteiger partial charge in [0.25, 0.3) is 5.91 Å². The number of likely N-dealkylation sites (tertiary alicyclic amines) is 1. The van der Waals surface area contributed by atoms with Crippen molar-refractivity contribution in [1.82, 2.24) is 30.1 Å². The number of hydrogen-bond acceptors (Lipinski definition) is 9. The topological polar surface area (TPSA) is 124 Å². The molecule has 4 aliphatic rings. The second-order valence-corrected chi connectivity index (χ2v) is 13.8. The van der Waals surface area contributed by atoms with Crippen LogP contribution in [0.5, 0.6) is 0 Å². The zero-order valence-corrected chi connectivity index (χ0v) is 27.3. The van der Waals surface area contributed by atoms with Gasteiger partial charge in [-0.2, -0.15) is 0 Å². The fraction of sp³-hybridized carbons (Fsp3) is 0.500. The van der Waals surface area contributed by atoms with Crippen molar-refractivity contribution < 1.29 is 14.4 Å². The summed E-state index contributed by atoms with van der Waals surface area (Å²) in [5.41, 5.74) is 5.76. The first-order valence-corrected chi connectivity index (χ1v) is 17.1. The van der Waals surface area contributed by atoms with Gasteiger partial charge in [0.15, 0.2) is 0 Å². The summed E-state index contributed by atoms with van der Waals surface area (Å²) >= 11 is 0. The largest absolute Gasteiger partial charge is 0.372 e. The molecule has 11 heteroatoms. The summed E-state index contributed by atoms with van der Waals surface area (Å²) in [4.78, 5) is 57.5. The molecule has 0 saturated carbocycles. The van der Waals surface area contributed by atoms with Gasteiger partial charge >= 0.3 is 0 Å². The van der Waals surface area contributed by atoms with Crippen LogP contribution < -0.4 is 15.5 Å². The molecule has 3 fully saturated rings. The van der Waals surface area contributed by atoms with Crippen LogP contribution in [0.3, 0.4) is 0 Å². The highest BCUT2D eigenvalue weighted by atomic mass is 16.2. The van der Waals surface area contributed by atoms with Crippen LogP contribution in [0.25, 0.3) is 0 Å². The second kappa shape index (κ2) is 13.4. The van der Waals surface area contributed by atoms with E-state index in [0.717, 1.165) is 68.2 Å². The minimum atomic E-state index is -0.607. The van der Waals surface area contributed by atoms with Gasteiger partial charge in [0.2, 0.25) is 17.8 Å². The number of hydrogen-bond donors (Lipinski definition) is 2. The number of amides is 3. The Morgan fingerprint density at radius 3 is 2.30 bits per heavy atom. The highest BCUT2D eigenvalue weighted by Crippen LogP contribution is 2.33. The average molecular weight is 637 g/mol. The molecule has 0 radical (unpaired) electrons. The summed E-state index contributed by atoms with van der Waals surface area (Å²) in [7, 11) is 0. The first kappa shape index (κ1) is 31.2. The third kappa shape index (κ3) is 6.86. The summed E-state index contributed by atoms with van der Waals surface area (Å²) < 4.78 is 0. The quantitative estimate of drug-likeness (QED) is 0.342. The van der Waals surface area contributed by atoms with Crippen LogP contribution in [0, 0.1) is 5.92 Å². The predicted octanol–water partition coefficient (Wildman–Crippen LogP) is 4.60. The van der Waals surface area contributed by atoms with E-state index in [1.807, 2.05) is 24.5 Å². The standard InChI is InChI=1S/C36H44N8O3/c1-23(2)26-19-37-36(38-20-26)39-27-3-5-28(6-4-27)43-17-11-24(12-18-43)21-42-15-13-25(14-16-42)30-8-7-29-31(40-30)22-44(35(29)47)32-9-10-33(45)41-34(32)46/h3-8,19-20,23-25,32H,9-18,21-22H2,1-2H3,(H,37,38,39)(H,41,45,46). The Morgan fingerprint density at radius 1 is 0.894 bits per heavy atom. The Hall–Kier alpha value is -4.38. The zero-order valence-electron chi connectivity index (χ0n) is 27.3. The number of carbonyl (C=O) groups excluding carboxylic acids is 3. The molecule has 6 heterocycles. The van der Waals surface area contributed by atoms with Gasteiger partial charge in [0.1, 0.15) is 6.04 Å². The maximum Gasteiger partial charge on any atom is 0.256 e. The van der Waals surface area contributed by atoms with Gasteiger partial charge in [0.05, 0.1) is 17.8 Å². The molecule has 3 aromatic rings. The Kier molecular flexibility index (Phi) is 8.90. The van der Waals surface area contributed by atoms with Crippen molar-refractivity contribution in [3.63, 3.8) is 0 Å². The Morgan fingerprint density at radius 2 is 1.62 bits per heavy atom. The van der Waals surface area contributed by atoms with Crippen LogP contribution >= 0.6 is 0 Å². The summed E-state index contributed by atoms with van der Waals surface area (Å²) in [6, 6.07) is 11.9. The summed E-state index contributed by atoms with van der Waals surface area (Å²) in [5, 5.41) is 5.67. The number of benzene rings is 1. The van der Waals surface area contributed by atoms with E-state index < -0.39 is 6.04 Å². The van der Waals surface area contributed by atoms with Crippen LogP contribution in [0.4, 0.5) is 17.3 Å². The second-order valence-electron chi connectivity index (χ2n) is 13.8. The van der Waals surface area contributed by atoms with Crippen LogP contribution in [-0.4, -0.2) is 81.2 Å². The molecule has 1 aromatic carbocycles. The van der Waals surface area contributed by atoms with E-state index in [4.69, 9.17) is 4.98 Å². The molecular formula is C36H44N8O3. The lowest BCUT2D eigenvalue weighted by Gasteiger charge is -2.38. The smallest absolute Gasteiger partial charge is 0.256 e. The van der Waals surface area contributed by atoms with E-state index >= 15 is 0 Å². The number of anilines is 3. The minimum Gasteiger partial charge on any atom is -0.372 e. The van der Waals surface area contributed by atoms with Crippen LogP contribution in [-0.2, 0) is 16.1 Å². The van der Waals surface area contributed by atoms with E-state index in [0.29, 0.717) is 42.2 Å². The third-order valence-electron chi connectivity index (χ3n) is 10.4. The molecule has 11 nitrogen and oxygen atoms in total. The Labute approximate surface area is 276 Å². The van der Waals surface area contributed by atoms with E-state index in [1.165, 1.54) is 18.5 Å². The van der Waals surface area contributed by atoms with Crippen molar-refractivity contribution in [3.8, 4) is 0 Å². The zero-order chi connectivity index (χ0) is 32.5. The molecule has 0 bridgehead atoms. The fourth-order valence-corrected chi connectivity index (χ4v) is 7.42. The molecule has 0 aliphatic carbocycles. The lowest BCUT2D eigenvalue weighted by Crippen LogP contribution is -2.52. The molecule has 47 heavy (non-hydrogen) atoms. The molecule has 2 N–H and O–H groups in total. The van der Waals surface area contributed by atoms with Crippen LogP contribution in [0.15, 0.2) is 48.8 Å².